The lowest BCUT2D eigenvalue weighted by molar-refractivity contribution is 0.0701. The number of hydrogen-bond acceptors (Lipinski definition) is 6. The van der Waals surface area contributed by atoms with E-state index in [4.69, 9.17) is 5.11 Å². The van der Waals surface area contributed by atoms with Gasteiger partial charge in [0, 0.05) is 13.1 Å². The fourth-order valence-corrected chi connectivity index (χ4v) is 2.38. The van der Waals surface area contributed by atoms with Crippen molar-refractivity contribution in [1.82, 2.24) is 9.71 Å². The SMILES string of the molecule is Cc1nc(NCCNS(C)(=O)=O)sc1C(=O)O. The number of carboxylic acid groups (broad SMARTS) is 1. The highest BCUT2D eigenvalue weighted by Gasteiger charge is 2.13. The van der Waals surface area contributed by atoms with Crippen molar-refractivity contribution in [3.63, 3.8) is 0 Å². The third-order valence-electron chi connectivity index (χ3n) is 1.76. The van der Waals surface area contributed by atoms with Gasteiger partial charge in [0.25, 0.3) is 0 Å². The Labute approximate surface area is 103 Å². The van der Waals surface area contributed by atoms with E-state index in [9.17, 15) is 13.2 Å². The van der Waals surface area contributed by atoms with Gasteiger partial charge in [-0.25, -0.2) is 22.9 Å². The van der Waals surface area contributed by atoms with E-state index >= 15 is 0 Å². The lowest BCUT2D eigenvalue weighted by Crippen LogP contribution is -2.27. The molecule has 3 N–H and O–H groups in total. The average molecular weight is 279 g/mol. The molecule has 1 aromatic rings. The number of thiazole rings is 1. The molecule has 0 amide bonds. The van der Waals surface area contributed by atoms with E-state index < -0.39 is 16.0 Å². The first-order chi connectivity index (χ1) is 7.79. The van der Waals surface area contributed by atoms with Crippen LogP contribution in [0.15, 0.2) is 0 Å². The van der Waals surface area contributed by atoms with Crippen molar-refractivity contribution >= 4 is 32.5 Å². The quantitative estimate of drug-likeness (QED) is 0.638. The number of rotatable bonds is 6. The van der Waals surface area contributed by atoms with Crippen LogP contribution < -0.4 is 10.0 Å². The van der Waals surface area contributed by atoms with Crippen LogP contribution in [0.25, 0.3) is 0 Å². The van der Waals surface area contributed by atoms with Gasteiger partial charge in [0.2, 0.25) is 10.0 Å². The number of nitrogens with one attached hydrogen (secondary N) is 2. The number of carboxylic acids is 1. The van der Waals surface area contributed by atoms with Crippen LogP contribution in [0.5, 0.6) is 0 Å². The van der Waals surface area contributed by atoms with Gasteiger partial charge in [0.15, 0.2) is 5.13 Å². The van der Waals surface area contributed by atoms with Crippen LogP contribution in [-0.2, 0) is 10.0 Å². The molecule has 7 nitrogen and oxygen atoms in total. The summed E-state index contributed by atoms with van der Waals surface area (Å²) >= 11 is 1.03. The molecule has 0 saturated carbocycles. The Morgan fingerprint density at radius 1 is 1.47 bits per heavy atom. The molecule has 0 unspecified atom stereocenters. The maximum atomic E-state index is 10.8. The first-order valence-corrected chi connectivity index (χ1v) is 7.39. The Balaban J connectivity index is 2.48. The monoisotopic (exact) mass is 279 g/mol. The van der Waals surface area contributed by atoms with E-state index in [2.05, 4.69) is 15.0 Å². The number of nitrogens with zero attached hydrogens (tertiary/aromatic N) is 1. The van der Waals surface area contributed by atoms with Gasteiger partial charge in [0.05, 0.1) is 11.9 Å². The molecule has 0 fully saturated rings. The smallest absolute Gasteiger partial charge is 0.347 e. The van der Waals surface area contributed by atoms with Crippen molar-refractivity contribution in [2.24, 2.45) is 0 Å². The number of sulfonamides is 1. The molecule has 9 heteroatoms. The van der Waals surface area contributed by atoms with Crippen LogP contribution in [0.4, 0.5) is 5.13 Å². The summed E-state index contributed by atoms with van der Waals surface area (Å²) in [6.45, 7) is 2.18. The number of aromatic carboxylic acids is 1. The molecule has 0 spiro atoms. The predicted octanol–water partition coefficient (Wildman–Crippen LogP) is 0.111. The third-order valence-corrected chi connectivity index (χ3v) is 3.59. The largest absolute Gasteiger partial charge is 0.477 e. The van der Waals surface area contributed by atoms with Crippen LogP contribution in [0.2, 0.25) is 0 Å². The maximum Gasteiger partial charge on any atom is 0.347 e. The minimum absolute atomic E-state index is 0.184. The van der Waals surface area contributed by atoms with E-state index in [-0.39, 0.29) is 11.4 Å². The average Bonchev–Trinajstić information content (AvgIpc) is 2.53. The van der Waals surface area contributed by atoms with Crippen LogP contribution in [0.1, 0.15) is 15.4 Å². The molecule has 1 rings (SSSR count). The first-order valence-electron chi connectivity index (χ1n) is 4.69. The molecule has 0 radical (unpaired) electrons. The molecule has 17 heavy (non-hydrogen) atoms. The molecular weight excluding hydrogens is 266 g/mol. The number of hydrogen-bond donors (Lipinski definition) is 3. The highest BCUT2D eigenvalue weighted by atomic mass is 32.2. The minimum Gasteiger partial charge on any atom is -0.477 e. The van der Waals surface area contributed by atoms with Crippen LogP contribution in [-0.4, -0.2) is 43.8 Å². The van der Waals surface area contributed by atoms with Crippen molar-refractivity contribution in [3.05, 3.63) is 10.6 Å². The number of anilines is 1. The molecule has 1 heterocycles. The summed E-state index contributed by atoms with van der Waals surface area (Å²) in [5, 5.41) is 12.1. The van der Waals surface area contributed by atoms with Gasteiger partial charge < -0.3 is 10.4 Å². The van der Waals surface area contributed by atoms with Crippen LogP contribution in [0.3, 0.4) is 0 Å². The Kier molecular flexibility index (Phi) is 4.43. The second-order valence-electron chi connectivity index (χ2n) is 3.33. The predicted molar refractivity (Wildman–Crippen MR) is 65.1 cm³/mol. The van der Waals surface area contributed by atoms with E-state index in [0.29, 0.717) is 17.4 Å². The highest BCUT2D eigenvalue weighted by Crippen LogP contribution is 2.21. The molecule has 96 valence electrons. The van der Waals surface area contributed by atoms with Gasteiger partial charge in [-0.15, -0.1) is 0 Å². The van der Waals surface area contributed by atoms with Crippen LogP contribution >= 0.6 is 11.3 Å². The van der Waals surface area contributed by atoms with Crippen molar-refractivity contribution in [2.45, 2.75) is 6.92 Å². The maximum absolute atomic E-state index is 10.8. The summed E-state index contributed by atoms with van der Waals surface area (Å²) in [6.07, 6.45) is 1.07. The Hall–Kier alpha value is -1.19. The van der Waals surface area contributed by atoms with E-state index in [0.717, 1.165) is 17.6 Å². The summed E-state index contributed by atoms with van der Waals surface area (Å²) in [5.41, 5.74) is 0.445. The first kappa shape index (κ1) is 13.9. The molecular formula is C8H13N3O4S2. The van der Waals surface area contributed by atoms with Gasteiger partial charge in [-0.1, -0.05) is 11.3 Å². The Bertz CT molecular complexity index is 509. The number of carbonyl (C=O) groups is 1. The molecule has 0 aliphatic carbocycles. The van der Waals surface area contributed by atoms with Gasteiger partial charge in [0.1, 0.15) is 4.88 Å². The normalized spacial score (nSPS) is 11.4. The summed E-state index contributed by atoms with van der Waals surface area (Å²) in [5.74, 6) is -1.01. The standard InChI is InChI=1S/C8H13N3O4S2/c1-5-6(7(12)13)16-8(11-5)9-3-4-10-17(2,14)15/h10H,3-4H2,1-2H3,(H,9,11)(H,12,13). The van der Waals surface area contributed by atoms with Gasteiger partial charge >= 0.3 is 5.97 Å². The van der Waals surface area contributed by atoms with Crippen molar-refractivity contribution in [3.8, 4) is 0 Å². The highest BCUT2D eigenvalue weighted by molar-refractivity contribution is 7.88. The number of aromatic nitrogens is 1. The Morgan fingerprint density at radius 2 is 2.12 bits per heavy atom. The lowest BCUT2D eigenvalue weighted by Gasteiger charge is -2.02. The van der Waals surface area contributed by atoms with E-state index in [1.54, 1.807) is 6.92 Å². The zero-order valence-electron chi connectivity index (χ0n) is 9.35. The fraction of sp³-hybridized carbons (Fsp3) is 0.500. The lowest BCUT2D eigenvalue weighted by atomic mass is 10.4. The number of aryl methyl sites for hydroxylation is 1. The van der Waals surface area contributed by atoms with Gasteiger partial charge in [-0.2, -0.15) is 0 Å². The molecule has 0 aliphatic rings. The second-order valence-corrected chi connectivity index (χ2v) is 6.16. The third kappa shape index (κ3) is 4.67. The summed E-state index contributed by atoms with van der Waals surface area (Å²) in [4.78, 5) is 14.9. The van der Waals surface area contributed by atoms with Crippen molar-refractivity contribution in [2.75, 3.05) is 24.7 Å². The minimum atomic E-state index is -3.20. The topological polar surface area (TPSA) is 108 Å². The molecule has 0 aromatic carbocycles. The van der Waals surface area contributed by atoms with Crippen molar-refractivity contribution < 1.29 is 18.3 Å². The second kappa shape index (κ2) is 5.43. The van der Waals surface area contributed by atoms with Crippen LogP contribution in [0, 0.1) is 6.92 Å². The van der Waals surface area contributed by atoms with Gasteiger partial charge in [-0.3, -0.25) is 0 Å². The van der Waals surface area contributed by atoms with E-state index in [1.807, 2.05) is 0 Å². The summed E-state index contributed by atoms with van der Waals surface area (Å²) in [6, 6.07) is 0. The zero-order chi connectivity index (χ0) is 13.1. The zero-order valence-corrected chi connectivity index (χ0v) is 11.0. The molecule has 1 aromatic heterocycles. The fourth-order valence-electron chi connectivity index (χ4n) is 1.08. The summed E-state index contributed by atoms with van der Waals surface area (Å²) < 4.78 is 23.8. The summed E-state index contributed by atoms with van der Waals surface area (Å²) in [7, 11) is -3.20. The Morgan fingerprint density at radius 3 is 2.59 bits per heavy atom. The van der Waals surface area contributed by atoms with Crippen molar-refractivity contribution in [1.29, 1.82) is 0 Å². The van der Waals surface area contributed by atoms with Gasteiger partial charge in [-0.05, 0) is 6.92 Å². The molecule has 0 bridgehead atoms. The molecule has 0 aliphatic heterocycles. The van der Waals surface area contributed by atoms with E-state index in [1.165, 1.54) is 0 Å². The molecule has 0 saturated heterocycles. The molecule has 0 atom stereocenters.